The lowest BCUT2D eigenvalue weighted by molar-refractivity contribution is 0.175. The Hall–Kier alpha value is -0.380. The standard InChI is InChI=1S/C11H22N2O/c1-4-6-13(3)7-10-8-14-9-11(10)12-5-2/h4,10-12H,1,5-9H2,2-3H3. The molecule has 3 heteroatoms. The molecule has 0 amide bonds. The molecule has 1 rings (SSSR count). The smallest absolute Gasteiger partial charge is 0.0623 e. The van der Waals surface area contributed by atoms with Crippen molar-refractivity contribution >= 4 is 0 Å². The SMILES string of the molecule is C=CCN(C)CC1COCC1NCC. The first-order chi connectivity index (χ1) is 6.77. The van der Waals surface area contributed by atoms with Gasteiger partial charge in [-0.3, -0.25) is 0 Å². The lowest BCUT2D eigenvalue weighted by Crippen LogP contribution is -2.40. The molecule has 0 spiro atoms. The molecule has 1 N–H and O–H groups in total. The normalized spacial score (nSPS) is 27.1. The van der Waals surface area contributed by atoms with Crippen molar-refractivity contribution in [1.29, 1.82) is 0 Å². The summed E-state index contributed by atoms with van der Waals surface area (Å²) in [5.74, 6) is 0.625. The minimum Gasteiger partial charge on any atom is -0.379 e. The van der Waals surface area contributed by atoms with Crippen LogP contribution in [0.25, 0.3) is 0 Å². The third-order valence-electron chi connectivity index (χ3n) is 2.65. The molecule has 0 aliphatic carbocycles. The molecule has 0 bridgehead atoms. The largest absolute Gasteiger partial charge is 0.379 e. The number of ether oxygens (including phenoxy) is 1. The van der Waals surface area contributed by atoms with Crippen molar-refractivity contribution in [2.24, 2.45) is 5.92 Å². The Balaban J connectivity index is 2.30. The average molecular weight is 198 g/mol. The van der Waals surface area contributed by atoms with Crippen molar-refractivity contribution < 1.29 is 4.74 Å². The molecule has 0 saturated carbocycles. The highest BCUT2D eigenvalue weighted by Gasteiger charge is 2.27. The van der Waals surface area contributed by atoms with Gasteiger partial charge in [0.15, 0.2) is 0 Å². The van der Waals surface area contributed by atoms with Crippen LogP contribution < -0.4 is 5.32 Å². The van der Waals surface area contributed by atoms with Gasteiger partial charge in [-0.05, 0) is 13.6 Å². The van der Waals surface area contributed by atoms with E-state index in [2.05, 4.69) is 30.8 Å². The monoisotopic (exact) mass is 198 g/mol. The molecule has 0 aromatic rings. The van der Waals surface area contributed by atoms with Gasteiger partial charge < -0.3 is 15.0 Å². The number of hydrogen-bond donors (Lipinski definition) is 1. The van der Waals surface area contributed by atoms with E-state index >= 15 is 0 Å². The van der Waals surface area contributed by atoms with Gasteiger partial charge in [-0.1, -0.05) is 13.0 Å². The fraction of sp³-hybridized carbons (Fsp3) is 0.818. The summed E-state index contributed by atoms with van der Waals surface area (Å²) in [6.07, 6.45) is 1.94. The summed E-state index contributed by atoms with van der Waals surface area (Å²) < 4.78 is 5.49. The number of nitrogens with one attached hydrogen (secondary N) is 1. The van der Waals surface area contributed by atoms with E-state index in [-0.39, 0.29) is 0 Å². The Bertz CT molecular complexity index is 173. The van der Waals surface area contributed by atoms with Crippen LogP contribution in [0.5, 0.6) is 0 Å². The van der Waals surface area contributed by atoms with Gasteiger partial charge in [-0.2, -0.15) is 0 Å². The van der Waals surface area contributed by atoms with Crippen LogP contribution in [0.15, 0.2) is 12.7 Å². The lowest BCUT2D eigenvalue weighted by Gasteiger charge is -2.23. The quantitative estimate of drug-likeness (QED) is 0.637. The molecule has 0 radical (unpaired) electrons. The van der Waals surface area contributed by atoms with Gasteiger partial charge >= 0.3 is 0 Å². The fourth-order valence-corrected chi connectivity index (χ4v) is 1.96. The topological polar surface area (TPSA) is 24.5 Å². The first-order valence-electron chi connectivity index (χ1n) is 5.38. The zero-order valence-corrected chi connectivity index (χ0v) is 9.33. The highest BCUT2D eigenvalue weighted by atomic mass is 16.5. The van der Waals surface area contributed by atoms with E-state index in [9.17, 15) is 0 Å². The summed E-state index contributed by atoms with van der Waals surface area (Å²) in [6.45, 7) is 10.7. The number of rotatable bonds is 6. The van der Waals surface area contributed by atoms with E-state index in [1.54, 1.807) is 0 Å². The van der Waals surface area contributed by atoms with Crippen molar-refractivity contribution in [3.8, 4) is 0 Å². The maximum Gasteiger partial charge on any atom is 0.0623 e. The van der Waals surface area contributed by atoms with E-state index in [0.29, 0.717) is 12.0 Å². The highest BCUT2D eigenvalue weighted by Crippen LogP contribution is 2.14. The van der Waals surface area contributed by atoms with Crippen LogP contribution in [-0.4, -0.2) is 50.8 Å². The van der Waals surface area contributed by atoms with Crippen LogP contribution >= 0.6 is 0 Å². The predicted octanol–water partition coefficient (Wildman–Crippen LogP) is 0.729. The highest BCUT2D eigenvalue weighted by molar-refractivity contribution is 4.84. The fourth-order valence-electron chi connectivity index (χ4n) is 1.96. The zero-order valence-electron chi connectivity index (χ0n) is 9.33. The Morgan fingerprint density at radius 3 is 3.00 bits per heavy atom. The minimum absolute atomic E-state index is 0.535. The number of nitrogens with zero attached hydrogens (tertiary/aromatic N) is 1. The van der Waals surface area contributed by atoms with E-state index in [1.165, 1.54) is 0 Å². The van der Waals surface area contributed by atoms with Gasteiger partial charge in [-0.15, -0.1) is 6.58 Å². The van der Waals surface area contributed by atoms with Crippen molar-refractivity contribution in [2.75, 3.05) is 39.9 Å². The summed E-state index contributed by atoms with van der Waals surface area (Å²) in [6, 6.07) is 0.535. The van der Waals surface area contributed by atoms with Gasteiger partial charge in [0.25, 0.3) is 0 Å². The molecule has 2 unspecified atom stereocenters. The molecule has 3 nitrogen and oxygen atoms in total. The average Bonchev–Trinajstić information content (AvgIpc) is 2.54. The van der Waals surface area contributed by atoms with E-state index in [0.717, 1.165) is 32.8 Å². The molecular weight excluding hydrogens is 176 g/mol. The zero-order chi connectivity index (χ0) is 10.4. The maximum atomic E-state index is 5.49. The van der Waals surface area contributed by atoms with Crippen molar-refractivity contribution in [3.63, 3.8) is 0 Å². The minimum atomic E-state index is 0.535. The van der Waals surface area contributed by atoms with E-state index in [1.807, 2.05) is 6.08 Å². The van der Waals surface area contributed by atoms with Crippen molar-refractivity contribution in [2.45, 2.75) is 13.0 Å². The van der Waals surface area contributed by atoms with Crippen LogP contribution in [0.3, 0.4) is 0 Å². The Labute approximate surface area is 87.1 Å². The molecule has 1 aliphatic rings. The number of hydrogen-bond acceptors (Lipinski definition) is 3. The molecule has 14 heavy (non-hydrogen) atoms. The molecule has 2 atom stereocenters. The third kappa shape index (κ3) is 3.40. The van der Waals surface area contributed by atoms with Crippen LogP contribution in [0.4, 0.5) is 0 Å². The van der Waals surface area contributed by atoms with Crippen LogP contribution in [0, 0.1) is 5.92 Å². The van der Waals surface area contributed by atoms with E-state index < -0.39 is 0 Å². The van der Waals surface area contributed by atoms with E-state index in [4.69, 9.17) is 4.74 Å². The molecule has 1 aliphatic heterocycles. The summed E-state index contributed by atoms with van der Waals surface area (Å²) in [4.78, 5) is 2.29. The van der Waals surface area contributed by atoms with Crippen molar-refractivity contribution in [3.05, 3.63) is 12.7 Å². The molecule has 1 saturated heterocycles. The van der Waals surface area contributed by atoms with Crippen LogP contribution in [0.2, 0.25) is 0 Å². The molecule has 1 heterocycles. The maximum absolute atomic E-state index is 5.49. The molecule has 1 fully saturated rings. The van der Waals surface area contributed by atoms with Gasteiger partial charge in [0, 0.05) is 25.0 Å². The summed E-state index contributed by atoms with van der Waals surface area (Å²) >= 11 is 0. The van der Waals surface area contributed by atoms with Crippen LogP contribution in [0.1, 0.15) is 6.92 Å². The Kier molecular flexibility index (Phi) is 5.15. The second-order valence-corrected chi connectivity index (χ2v) is 3.97. The summed E-state index contributed by atoms with van der Waals surface area (Å²) in [5, 5.41) is 3.46. The Morgan fingerprint density at radius 1 is 1.57 bits per heavy atom. The lowest BCUT2D eigenvalue weighted by atomic mass is 10.0. The van der Waals surface area contributed by atoms with Gasteiger partial charge in [0.1, 0.15) is 0 Å². The first kappa shape index (κ1) is 11.7. The predicted molar refractivity (Wildman–Crippen MR) is 59.5 cm³/mol. The second-order valence-electron chi connectivity index (χ2n) is 3.97. The van der Waals surface area contributed by atoms with Crippen LogP contribution in [-0.2, 0) is 4.74 Å². The first-order valence-corrected chi connectivity index (χ1v) is 5.38. The van der Waals surface area contributed by atoms with Gasteiger partial charge in [0.2, 0.25) is 0 Å². The third-order valence-corrected chi connectivity index (χ3v) is 2.65. The summed E-state index contributed by atoms with van der Waals surface area (Å²) in [5.41, 5.74) is 0. The van der Waals surface area contributed by atoms with Gasteiger partial charge in [0.05, 0.1) is 13.2 Å². The molecule has 82 valence electrons. The van der Waals surface area contributed by atoms with Crippen molar-refractivity contribution in [1.82, 2.24) is 10.2 Å². The molecular formula is C11H22N2O. The molecule has 0 aromatic carbocycles. The summed E-state index contributed by atoms with van der Waals surface area (Å²) in [7, 11) is 2.13. The van der Waals surface area contributed by atoms with Gasteiger partial charge in [-0.25, -0.2) is 0 Å². The molecule has 0 aromatic heterocycles. The second kappa shape index (κ2) is 6.17. The Morgan fingerprint density at radius 2 is 2.36 bits per heavy atom. The number of likely N-dealkylation sites (N-methyl/N-ethyl adjacent to an activating group) is 2.